The Balaban J connectivity index is 2.28. The number of allylic oxidation sites excluding steroid dienone is 6. The van der Waals surface area contributed by atoms with E-state index < -0.39 is 43.4 Å². The highest BCUT2D eigenvalue weighted by atomic mass is 16.7. The zero-order valence-electron chi connectivity index (χ0n) is 34.5. The molecule has 1 saturated heterocycles. The first kappa shape index (κ1) is 50.4. The Morgan fingerprint density at radius 3 is 1.65 bits per heavy atom. The molecule has 0 radical (unpaired) electrons. The van der Waals surface area contributed by atoms with Crippen LogP contribution >= 0.6 is 0 Å². The highest BCUT2D eigenvalue weighted by Gasteiger charge is 2.44. The van der Waals surface area contributed by atoms with Gasteiger partial charge in [-0.1, -0.05) is 159 Å². The van der Waals surface area contributed by atoms with Gasteiger partial charge in [-0.3, -0.25) is 4.79 Å². The molecule has 0 aromatic carbocycles. The Kier molecular flexibility index (Phi) is 34.6. The van der Waals surface area contributed by atoms with Crippen LogP contribution in [0.1, 0.15) is 181 Å². The van der Waals surface area contributed by atoms with E-state index in [2.05, 4.69) is 50.3 Å². The third kappa shape index (κ3) is 27.9. The molecular weight excluding hydrogens is 684 g/mol. The molecule has 0 bridgehead atoms. The number of hydrogen-bond acceptors (Lipinski definition) is 9. The second-order valence-electron chi connectivity index (χ2n) is 15.1. The van der Waals surface area contributed by atoms with E-state index in [1.54, 1.807) is 0 Å². The molecule has 0 spiro atoms. The highest BCUT2D eigenvalue weighted by Crippen LogP contribution is 2.22. The van der Waals surface area contributed by atoms with Gasteiger partial charge in [0.15, 0.2) is 6.29 Å². The number of rotatable bonds is 37. The first-order valence-electron chi connectivity index (χ1n) is 22.1. The van der Waals surface area contributed by atoms with Crippen molar-refractivity contribution in [2.75, 3.05) is 26.4 Å². The maximum absolute atomic E-state index is 12.8. The van der Waals surface area contributed by atoms with Crippen molar-refractivity contribution in [2.45, 2.75) is 218 Å². The third-order valence-electron chi connectivity index (χ3n) is 10.1. The number of carbonyl (C=O) groups is 1. The Labute approximate surface area is 330 Å². The molecule has 1 fully saturated rings. The Morgan fingerprint density at radius 2 is 1.07 bits per heavy atom. The minimum atomic E-state index is -1.54. The number of aliphatic hydroxyl groups is 4. The molecule has 6 unspecified atom stereocenters. The van der Waals surface area contributed by atoms with Gasteiger partial charge in [-0.2, -0.15) is 0 Å². The van der Waals surface area contributed by atoms with E-state index >= 15 is 0 Å². The molecule has 0 saturated carbocycles. The normalized spacial score (nSPS) is 21.2. The number of carbonyl (C=O) groups excluding carboxylic acids is 1. The molecule has 54 heavy (non-hydrogen) atoms. The molecule has 1 aliphatic rings. The molecule has 9 heteroatoms. The van der Waals surface area contributed by atoms with E-state index in [1.165, 1.54) is 103 Å². The second-order valence-corrected chi connectivity index (χ2v) is 15.1. The Hall–Kier alpha value is -1.59. The van der Waals surface area contributed by atoms with Crippen molar-refractivity contribution in [3.8, 4) is 0 Å². The average molecular weight is 767 g/mol. The Morgan fingerprint density at radius 1 is 0.593 bits per heavy atom. The number of esters is 1. The van der Waals surface area contributed by atoms with Crippen LogP contribution in [0.25, 0.3) is 0 Å². The van der Waals surface area contributed by atoms with Crippen LogP contribution in [0.4, 0.5) is 0 Å². The van der Waals surface area contributed by atoms with Gasteiger partial charge >= 0.3 is 5.97 Å². The molecule has 1 rings (SSSR count). The lowest BCUT2D eigenvalue weighted by atomic mass is 9.99. The van der Waals surface area contributed by atoms with Crippen molar-refractivity contribution in [3.05, 3.63) is 36.5 Å². The van der Waals surface area contributed by atoms with Crippen LogP contribution < -0.4 is 0 Å². The van der Waals surface area contributed by atoms with Gasteiger partial charge in [0.1, 0.15) is 30.5 Å². The summed E-state index contributed by atoms with van der Waals surface area (Å²) < 4.78 is 22.8. The fraction of sp³-hybridized carbons (Fsp3) is 0.844. The third-order valence-corrected chi connectivity index (χ3v) is 10.1. The lowest BCUT2D eigenvalue weighted by Crippen LogP contribution is -2.59. The van der Waals surface area contributed by atoms with Crippen molar-refractivity contribution in [3.63, 3.8) is 0 Å². The lowest BCUT2D eigenvalue weighted by Gasteiger charge is -2.39. The minimum absolute atomic E-state index is 0.117. The smallest absolute Gasteiger partial charge is 0.306 e. The van der Waals surface area contributed by atoms with E-state index in [9.17, 15) is 25.2 Å². The van der Waals surface area contributed by atoms with Gasteiger partial charge in [-0.25, -0.2) is 0 Å². The largest absolute Gasteiger partial charge is 0.457 e. The molecule has 0 aromatic heterocycles. The van der Waals surface area contributed by atoms with Crippen molar-refractivity contribution in [1.29, 1.82) is 0 Å². The van der Waals surface area contributed by atoms with Gasteiger partial charge < -0.3 is 39.4 Å². The van der Waals surface area contributed by atoms with E-state index in [1.807, 2.05) is 0 Å². The summed E-state index contributed by atoms with van der Waals surface area (Å²) in [6.45, 7) is 4.52. The minimum Gasteiger partial charge on any atom is -0.457 e. The van der Waals surface area contributed by atoms with Crippen LogP contribution in [0, 0.1) is 0 Å². The molecule has 1 heterocycles. The Bertz CT molecular complexity index is 921. The van der Waals surface area contributed by atoms with Crippen molar-refractivity contribution < 1.29 is 44.2 Å². The second kappa shape index (κ2) is 37.0. The number of unbranched alkanes of at least 4 members (excludes halogenated alkanes) is 20. The summed E-state index contributed by atoms with van der Waals surface area (Å²) in [7, 11) is 0. The lowest BCUT2D eigenvalue weighted by molar-refractivity contribution is -0.305. The molecule has 4 N–H and O–H groups in total. The zero-order chi connectivity index (χ0) is 39.3. The predicted octanol–water partition coefficient (Wildman–Crippen LogP) is 9.58. The molecule has 1 aliphatic heterocycles. The van der Waals surface area contributed by atoms with E-state index in [0.717, 1.165) is 57.8 Å². The van der Waals surface area contributed by atoms with Gasteiger partial charge in [0.2, 0.25) is 0 Å². The highest BCUT2D eigenvalue weighted by molar-refractivity contribution is 5.69. The monoisotopic (exact) mass is 767 g/mol. The molecule has 6 atom stereocenters. The summed E-state index contributed by atoms with van der Waals surface area (Å²) in [5.74, 6) is -0.325. The first-order valence-corrected chi connectivity index (χ1v) is 22.1. The van der Waals surface area contributed by atoms with E-state index in [4.69, 9.17) is 18.9 Å². The van der Waals surface area contributed by atoms with Gasteiger partial charge in [0.05, 0.1) is 19.8 Å². The predicted molar refractivity (Wildman–Crippen MR) is 219 cm³/mol. The van der Waals surface area contributed by atoms with E-state index in [0.29, 0.717) is 13.0 Å². The average Bonchev–Trinajstić information content (AvgIpc) is 3.17. The van der Waals surface area contributed by atoms with Crippen LogP contribution in [0.2, 0.25) is 0 Å². The van der Waals surface area contributed by atoms with Crippen molar-refractivity contribution in [2.24, 2.45) is 0 Å². The SMILES string of the molecule is CCCCC/C=C\C/C=C\C/C=C\CCCCCCCCC(=O)OC(COCCCCCCCCCCCCCC)COC1OC(CO)C(O)C(O)C1O. The summed E-state index contributed by atoms with van der Waals surface area (Å²) in [5.41, 5.74) is 0. The summed E-state index contributed by atoms with van der Waals surface area (Å²) in [6, 6.07) is 0. The zero-order valence-corrected chi connectivity index (χ0v) is 34.5. The van der Waals surface area contributed by atoms with Gasteiger partial charge in [-0.15, -0.1) is 0 Å². The van der Waals surface area contributed by atoms with Crippen LogP contribution in [0.15, 0.2) is 36.5 Å². The van der Waals surface area contributed by atoms with Gasteiger partial charge in [-0.05, 0) is 51.4 Å². The van der Waals surface area contributed by atoms with Crippen LogP contribution in [0.3, 0.4) is 0 Å². The fourth-order valence-electron chi connectivity index (χ4n) is 6.56. The molecule has 0 aliphatic carbocycles. The number of hydrogen-bond donors (Lipinski definition) is 4. The summed E-state index contributed by atoms with van der Waals surface area (Å²) in [5, 5.41) is 40.1. The van der Waals surface area contributed by atoms with Crippen LogP contribution in [-0.4, -0.2) is 89.6 Å². The summed E-state index contributed by atoms with van der Waals surface area (Å²) in [6.07, 6.45) is 35.9. The molecule has 0 aromatic rings. The van der Waals surface area contributed by atoms with Crippen molar-refractivity contribution >= 4 is 5.97 Å². The number of ether oxygens (including phenoxy) is 4. The summed E-state index contributed by atoms with van der Waals surface area (Å²) >= 11 is 0. The quantitative estimate of drug-likeness (QED) is 0.0277. The van der Waals surface area contributed by atoms with Gasteiger partial charge in [0, 0.05) is 13.0 Å². The molecular formula is C45H82O9. The number of aliphatic hydroxyl groups excluding tert-OH is 4. The molecule has 0 amide bonds. The first-order chi connectivity index (χ1) is 26.4. The van der Waals surface area contributed by atoms with E-state index in [-0.39, 0.29) is 19.2 Å². The maximum atomic E-state index is 12.8. The maximum Gasteiger partial charge on any atom is 0.306 e. The van der Waals surface area contributed by atoms with Gasteiger partial charge in [0.25, 0.3) is 0 Å². The van der Waals surface area contributed by atoms with Crippen molar-refractivity contribution in [1.82, 2.24) is 0 Å². The summed E-state index contributed by atoms with van der Waals surface area (Å²) in [4.78, 5) is 12.8. The molecule has 9 nitrogen and oxygen atoms in total. The topological polar surface area (TPSA) is 135 Å². The van der Waals surface area contributed by atoms with Crippen LogP contribution in [0.5, 0.6) is 0 Å². The molecule has 316 valence electrons. The standard InChI is InChI=1S/C45H82O9/c1-3-5-7-9-11-13-15-17-18-19-20-21-22-23-24-26-28-30-32-34-41(47)53-39(38-52-45-44(50)43(49)42(48)40(36-46)54-45)37-51-35-33-31-29-27-25-16-14-12-10-8-6-4-2/h11,13,17-18,20-21,39-40,42-46,48-50H,3-10,12,14-16,19,22-38H2,1-2H3/b13-11-,18-17-,21-20-. The van der Waals surface area contributed by atoms with Crippen LogP contribution in [-0.2, 0) is 23.7 Å². The fourth-order valence-corrected chi connectivity index (χ4v) is 6.56.